The van der Waals surface area contributed by atoms with Crippen molar-refractivity contribution in [1.29, 1.82) is 0 Å². The third-order valence-electron chi connectivity index (χ3n) is 2.70. The molecule has 0 aliphatic rings. The monoisotopic (exact) mass is 294 g/mol. The van der Waals surface area contributed by atoms with E-state index in [-0.39, 0.29) is 6.04 Å². The minimum atomic E-state index is 0.115. The molecule has 1 aromatic heterocycles. The van der Waals surface area contributed by atoms with E-state index in [9.17, 15) is 0 Å². The summed E-state index contributed by atoms with van der Waals surface area (Å²) in [5.74, 6) is 0.909. The van der Waals surface area contributed by atoms with Gasteiger partial charge in [-0.05, 0) is 59.6 Å². The molecule has 1 atom stereocenters. The first-order chi connectivity index (χ1) is 8.08. The molecule has 0 aliphatic heterocycles. The van der Waals surface area contributed by atoms with Gasteiger partial charge in [0.05, 0.1) is 12.3 Å². The van der Waals surface area contributed by atoms with Gasteiger partial charge in [-0.1, -0.05) is 0 Å². The van der Waals surface area contributed by atoms with E-state index < -0.39 is 0 Å². The molecule has 0 fully saturated rings. The molecule has 0 amide bonds. The summed E-state index contributed by atoms with van der Waals surface area (Å²) in [6.07, 6.45) is 1.68. The largest absolute Gasteiger partial charge is 0.467 e. The van der Waals surface area contributed by atoms with Crippen molar-refractivity contribution in [2.24, 2.45) is 0 Å². The highest BCUT2D eigenvalue weighted by molar-refractivity contribution is 9.10. The number of nitrogens with one attached hydrogen (secondary N) is 1. The van der Waals surface area contributed by atoms with Crippen molar-refractivity contribution in [3.63, 3.8) is 0 Å². The third-order valence-corrected chi connectivity index (χ3v) is 3.35. The van der Waals surface area contributed by atoms with Crippen LogP contribution in [0.3, 0.4) is 0 Å². The summed E-state index contributed by atoms with van der Waals surface area (Å²) in [6.45, 7) is 4.04. The standard InChI is InChI=1S/C13H15BrN2O/c1-8-6-12(10(14)7-11(8)15)16-9(2)13-4-3-5-17-13/h3-7,9,16H,15H2,1-2H3. The van der Waals surface area contributed by atoms with Crippen LogP contribution in [-0.2, 0) is 0 Å². The maximum Gasteiger partial charge on any atom is 0.125 e. The number of aryl methyl sites for hydroxylation is 1. The van der Waals surface area contributed by atoms with E-state index in [1.54, 1.807) is 6.26 Å². The fourth-order valence-electron chi connectivity index (χ4n) is 1.65. The molecule has 0 radical (unpaired) electrons. The molecule has 1 unspecified atom stereocenters. The number of halogens is 1. The van der Waals surface area contributed by atoms with Crippen molar-refractivity contribution in [3.05, 3.63) is 46.3 Å². The molecule has 1 aromatic carbocycles. The maximum atomic E-state index is 5.84. The van der Waals surface area contributed by atoms with Crippen molar-refractivity contribution in [2.75, 3.05) is 11.1 Å². The minimum Gasteiger partial charge on any atom is -0.467 e. The lowest BCUT2D eigenvalue weighted by atomic mass is 10.1. The SMILES string of the molecule is Cc1cc(NC(C)c2ccco2)c(Br)cc1N. The Bertz CT molecular complexity index is 508. The van der Waals surface area contributed by atoms with Gasteiger partial charge in [0.25, 0.3) is 0 Å². The van der Waals surface area contributed by atoms with E-state index in [4.69, 9.17) is 10.2 Å². The third kappa shape index (κ3) is 2.64. The van der Waals surface area contributed by atoms with Gasteiger partial charge in [0.2, 0.25) is 0 Å². The predicted molar refractivity (Wildman–Crippen MR) is 74.0 cm³/mol. The van der Waals surface area contributed by atoms with Crippen LogP contribution in [0.25, 0.3) is 0 Å². The van der Waals surface area contributed by atoms with Crippen LogP contribution >= 0.6 is 15.9 Å². The lowest BCUT2D eigenvalue weighted by Crippen LogP contribution is -2.06. The lowest BCUT2D eigenvalue weighted by molar-refractivity contribution is 0.490. The van der Waals surface area contributed by atoms with E-state index in [0.717, 1.165) is 27.2 Å². The molecule has 0 aliphatic carbocycles. The van der Waals surface area contributed by atoms with Gasteiger partial charge >= 0.3 is 0 Å². The number of rotatable bonds is 3. The second-order valence-corrected chi connectivity index (χ2v) is 4.92. The molecule has 1 heterocycles. The molecule has 2 rings (SSSR count). The summed E-state index contributed by atoms with van der Waals surface area (Å²) in [6, 6.07) is 7.89. The Hall–Kier alpha value is -1.42. The molecule has 0 saturated heterocycles. The van der Waals surface area contributed by atoms with Crippen LogP contribution in [0.5, 0.6) is 0 Å². The Morgan fingerprint density at radius 2 is 2.18 bits per heavy atom. The lowest BCUT2D eigenvalue weighted by Gasteiger charge is -2.15. The number of benzene rings is 1. The molecular weight excluding hydrogens is 280 g/mol. The minimum absolute atomic E-state index is 0.115. The molecule has 2 aromatic rings. The number of furan rings is 1. The molecule has 0 bridgehead atoms. The number of hydrogen-bond donors (Lipinski definition) is 2. The first-order valence-electron chi connectivity index (χ1n) is 5.43. The summed E-state index contributed by atoms with van der Waals surface area (Å²) in [5.41, 5.74) is 8.70. The maximum absolute atomic E-state index is 5.84. The average Bonchev–Trinajstić information content (AvgIpc) is 2.79. The molecule has 0 saturated carbocycles. The molecule has 0 spiro atoms. The van der Waals surface area contributed by atoms with E-state index in [2.05, 4.69) is 28.2 Å². The van der Waals surface area contributed by atoms with Gasteiger partial charge in [-0.15, -0.1) is 0 Å². The summed E-state index contributed by atoms with van der Waals surface area (Å²) in [5, 5.41) is 3.38. The smallest absolute Gasteiger partial charge is 0.125 e. The Morgan fingerprint density at radius 3 is 2.82 bits per heavy atom. The summed E-state index contributed by atoms with van der Waals surface area (Å²) in [4.78, 5) is 0. The zero-order valence-electron chi connectivity index (χ0n) is 9.83. The highest BCUT2D eigenvalue weighted by Crippen LogP contribution is 2.30. The Balaban J connectivity index is 2.22. The van der Waals surface area contributed by atoms with Gasteiger partial charge in [0.15, 0.2) is 0 Å². The van der Waals surface area contributed by atoms with Crippen LogP contribution in [-0.4, -0.2) is 0 Å². The molecule has 4 heteroatoms. The van der Waals surface area contributed by atoms with Gasteiger partial charge in [-0.2, -0.15) is 0 Å². The Kier molecular flexibility index (Phi) is 3.43. The first-order valence-corrected chi connectivity index (χ1v) is 6.23. The Labute approximate surface area is 109 Å². The highest BCUT2D eigenvalue weighted by Gasteiger charge is 2.10. The highest BCUT2D eigenvalue weighted by atomic mass is 79.9. The van der Waals surface area contributed by atoms with Gasteiger partial charge in [-0.25, -0.2) is 0 Å². The fourth-order valence-corrected chi connectivity index (χ4v) is 2.13. The van der Waals surface area contributed by atoms with Gasteiger partial charge < -0.3 is 15.5 Å². The molecule has 17 heavy (non-hydrogen) atoms. The van der Waals surface area contributed by atoms with Gasteiger partial charge in [-0.3, -0.25) is 0 Å². The van der Waals surface area contributed by atoms with Crippen molar-refractivity contribution in [2.45, 2.75) is 19.9 Å². The molecular formula is C13H15BrN2O. The number of nitrogens with two attached hydrogens (primary N) is 1. The van der Waals surface area contributed by atoms with Crippen molar-refractivity contribution >= 4 is 27.3 Å². The van der Waals surface area contributed by atoms with Crippen molar-refractivity contribution in [1.82, 2.24) is 0 Å². The van der Waals surface area contributed by atoms with Crippen LogP contribution in [0.4, 0.5) is 11.4 Å². The number of anilines is 2. The van der Waals surface area contributed by atoms with Crippen LogP contribution in [0.1, 0.15) is 24.3 Å². The average molecular weight is 295 g/mol. The summed E-state index contributed by atoms with van der Waals surface area (Å²) >= 11 is 3.50. The summed E-state index contributed by atoms with van der Waals surface area (Å²) in [7, 11) is 0. The van der Waals surface area contributed by atoms with Crippen molar-refractivity contribution in [3.8, 4) is 0 Å². The first kappa shape index (κ1) is 12.0. The molecule has 3 N–H and O–H groups in total. The zero-order chi connectivity index (χ0) is 12.4. The van der Waals surface area contributed by atoms with Crippen LogP contribution < -0.4 is 11.1 Å². The summed E-state index contributed by atoms with van der Waals surface area (Å²) < 4.78 is 6.32. The van der Waals surface area contributed by atoms with Gasteiger partial charge in [0.1, 0.15) is 5.76 Å². The van der Waals surface area contributed by atoms with E-state index in [1.807, 2.05) is 31.2 Å². The second kappa shape index (κ2) is 4.84. The van der Waals surface area contributed by atoms with E-state index in [0.29, 0.717) is 0 Å². The normalized spacial score (nSPS) is 12.4. The van der Waals surface area contributed by atoms with Gasteiger partial charge in [0, 0.05) is 15.8 Å². The quantitative estimate of drug-likeness (QED) is 0.838. The van der Waals surface area contributed by atoms with Crippen LogP contribution in [0.2, 0.25) is 0 Å². The predicted octanol–water partition coefficient (Wildman–Crippen LogP) is 4.11. The Morgan fingerprint density at radius 1 is 1.41 bits per heavy atom. The zero-order valence-corrected chi connectivity index (χ0v) is 11.4. The molecule has 90 valence electrons. The topological polar surface area (TPSA) is 51.2 Å². The fraction of sp³-hybridized carbons (Fsp3) is 0.231. The number of hydrogen-bond acceptors (Lipinski definition) is 3. The van der Waals surface area contributed by atoms with Crippen LogP contribution in [0.15, 0.2) is 39.4 Å². The number of nitrogen functional groups attached to an aromatic ring is 1. The van der Waals surface area contributed by atoms with E-state index in [1.165, 1.54) is 0 Å². The van der Waals surface area contributed by atoms with E-state index >= 15 is 0 Å². The van der Waals surface area contributed by atoms with Crippen molar-refractivity contribution < 1.29 is 4.42 Å². The molecule has 3 nitrogen and oxygen atoms in total. The second-order valence-electron chi connectivity index (χ2n) is 4.07. The van der Waals surface area contributed by atoms with Crippen LogP contribution in [0, 0.1) is 6.92 Å².